The number of nitrogens with one attached hydrogen (secondary N) is 2. The van der Waals surface area contributed by atoms with Crippen LogP contribution in [-0.2, 0) is 4.79 Å². The molecule has 0 aromatic heterocycles. The maximum Gasteiger partial charge on any atom is 0.250 e. The Morgan fingerprint density at radius 3 is 2.46 bits per heavy atom. The van der Waals surface area contributed by atoms with Crippen molar-refractivity contribution in [1.82, 2.24) is 5.32 Å². The van der Waals surface area contributed by atoms with Gasteiger partial charge < -0.3 is 20.8 Å². The van der Waals surface area contributed by atoms with Gasteiger partial charge in [-0.05, 0) is 17.2 Å². The van der Waals surface area contributed by atoms with E-state index in [-0.39, 0.29) is 18.7 Å². The number of rotatable bonds is 2. The molecule has 1 amide bonds. The van der Waals surface area contributed by atoms with Crippen LogP contribution < -0.4 is 10.6 Å². The number of carbonyl (C=O) groups is 2. The van der Waals surface area contributed by atoms with Gasteiger partial charge in [-0.15, -0.1) is 0 Å². The van der Waals surface area contributed by atoms with E-state index in [0.717, 1.165) is 11.1 Å². The average Bonchev–Trinajstić information content (AvgIpc) is 2.99. The number of anilines is 1. The molecular formula is C22H24N2O4. The lowest BCUT2D eigenvalue weighted by atomic mass is 10.0. The van der Waals surface area contributed by atoms with Crippen molar-refractivity contribution in [3.8, 4) is 11.1 Å². The van der Waals surface area contributed by atoms with Gasteiger partial charge in [0, 0.05) is 30.3 Å². The van der Waals surface area contributed by atoms with Crippen LogP contribution in [-0.4, -0.2) is 40.7 Å². The van der Waals surface area contributed by atoms with Gasteiger partial charge in [0.25, 0.3) is 0 Å². The second-order valence-corrected chi connectivity index (χ2v) is 6.48. The normalized spacial score (nSPS) is 21.1. The summed E-state index contributed by atoms with van der Waals surface area (Å²) in [5.74, 6) is -0.557. The molecule has 0 bridgehead atoms. The minimum absolute atomic E-state index is 0.113. The summed E-state index contributed by atoms with van der Waals surface area (Å²) in [6, 6.07) is 12.7. The van der Waals surface area contributed by atoms with E-state index in [1.165, 1.54) is 6.08 Å². The van der Waals surface area contributed by atoms with Crippen LogP contribution in [0.15, 0.2) is 54.2 Å². The van der Waals surface area contributed by atoms with Gasteiger partial charge in [0.05, 0.1) is 23.5 Å². The zero-order valence-electron chi connectivity index (χ0n) is 15.9. The van der Waals surface area contributed by atoms with Gasteiger partial charge in [0.15, 0.2) is 5.78 Å². The van der Waals surface area contributed by atoms with Crippen LogP contribution in [0.25, 0.3) is 11.1 Å². The Morgan fingerprint density at radius 2 is 1.75 bits per heavy atom. The van der Waals surface area contributed by atoms with Crippen molar-refractivity contribution in [3.63, 3.8) is 0 Å². The monoisotopic (exact) mass is 380 g/mol. The van der Waals surface area contributed by atoms with E-state index in [1.54, 1.807) is 18.2 Å². The maximum absolute atomic E-state index is 12.7. The predicted octanol–water partition coefficient (Wildman–Crippen LogP) is 2.46. The Bertz CT molecular complexity index is 936. The summed E-state index contributed by atoms with van der Waals surface area (Å²) in [5, 5.41) is 25.0. The molecule has 1 fully saturated rings. The van der Waals surface area contributed by atoms with Crippen molar-refractivity contribution in [2.24, 2.45) is 0 Å². The highest BCUT2D eigenvalue weighted by molar-refractivity contribution is 6.25. The predicted molar refractivity (Wildman–Crippen MR) is 108 cm³/mol. The van der Waals surface area contributed by atoms with Crippen LogP contribution in [0, 0.1) is 0 Å². The number of aliphatic hydroxyl groups is 2. The van der Waals surface area contributed by atoms with Crippen LogP contribution in [0.5, 0.6) is 0 Å². The van der Waals surface area contributed by atoms with Crippen molar-refractivity contribution in [3.05, 3.63) is 65.4 Å². The molecule has 6 heteroatoms. The minimum Gasteiger partial charge on any atom is -0.391 e. The average molecular weight is 380 g/mol. The molecule has 1 aliphatic carbocycles. The molecule has 2 atom stereocenters. The zero-order valence-corrected chi connectivity index (χ0v) is 15.9. The lowest BCUT2D eigenvalue weighted by Gasteiger charge is -2.26. The number of hydrogen-bond donors (Lipinski definition) is 4. The van der Waals surface area contributed by atoms with Gasteiger partial charge in [-0.2, -0.15) is 0 Å². The fraction of sp³-hybridized carbons (Fsp3) is 0.273. The van der Waals surface area contributed by atoms with E-state index in [2.05, 4.69) is 10.6 Å². The number of benzene rings is 2. The number of fused-ring (bicyclic) bond motifs is 3. The van der Waals surface area contributed by atoms with Crippen LogP contribution in [0.3, 0.4) is 0 Å². The van der Waals surface area contributed by atoms with E-state index in [4.69, 9.17) is 0 Å². The Morgan fingerprint density at radius 1 is 1.07 bits per heavy atom. The topological polar surface area (TPSA) is 98.7 Å². The first-order valence-corrected chi connectivity index (χ1v) is 9.44. The summed E-state index contributed by atoms with van der Waals surface area (Å²) >= 11 is 0. The third-order valence-electron chi connectivity index (χ3n) is 4.69. The first-order chi connectivity index (χ1) is 13.5. The third kappa shape index (κ3) is 3.69. The molecule has 0 radical (unpaired) electrons. The lowest BCUT2D eigenvalue weighted by molar-refractivity contribution is -0.112. The Balaban J connectivity index is 0.00000109. The van der Waals surface area contributed by atoms with E-state index in [1.807, 2.05) is 38.1 Å². The molecule has 6 nitrogen and oxygen atoms in total. The Labute approximate surface area is 163 Å². The molecule has 2 aromatic rings. The molecule has 0 saturated carbocycles. The lowest BCUT2D eigenvalue weighted by Crippen LogP contribution is -2.41. The van der Waals surface area contributed by atoms with Crippen LogP contribution >= 0.6 is 0 Å². The van der Waals surface area contributed by atoms with E-state index < -0.39 is 18.1 Å². The second-order valence-electron chi connectivity index (χ2n) is 6.48. The summed E-state index contributed by atoms with van der Waals surface area (Å²) in [4.78, 5) is 25.1. The molecule has 1 unspecified atom stereocenters. The van der Waals surface area contributed by atoms with Gasteiger partial charge in [0.2, 0.25) is 5.91 Å². The zero-order chi connectivity index (χ0) is 20.3. The summed E-state index contributed by atoms with van der Waals surface area (Å²) in [6.07, 6.45) is -0.112. The molecule has 1 saturated heterocycles. The first-order valence-electron chi connectivity index (χ1n) is 9.44. The summed E-state index contributed by atoms with van der Waals surface area (Å²) in [5.41, 5.74) is 3.56. The molecule has 1 aliphatic heterocycles. The first kappa shape index (κ1) is 19.8. The van der Waals surface area contributed by atoms with Crippen molar-refractivity contribution in [2.45, 2.75) is 32.5 Å². The van der Waals surface area contributed by atoms with Gasteiger partial charge in [0.1, 0.15) is 0 Å². The molecule has 146 valence electrons. The van der Waals surface area contributed by atoms with Crippen LogP contribution in [0.1, 0.15) is 36.2 Å². The van der Waals surface area contributed by atoms with Crippen LogP contribution in [0.2, 0.25) is 0 Å². The van der Waals surface area contributed by atoms with Crippen LogP contribution in [0.4, 0.5) is 5.69 Å². The molecule has 2 aromatic carbocycles. The molecule has 4 rings (SSSR count). The number of aliphatic hydroxyl groups excluding tert-OH is 2. The number of ketones is 1. The molecule has 28 heavy (non-hydrogen) atoms. The van der Waals surface area contributed by atoms with Gasteiger partial charge in [-0.25, -0.2) is 0 Å². The highest BCUT2D eigenvalue weighted by atomic mass is 16.3. The number of β-amino-alcohol motifs (C(OH)–C–C–N with tert-alkyl or cyclic N) is 1. The quantitative estimate of drug-likeness (QED) is 0.512. The standard InChI is InChI=1S/C20H18N2O4.C2H6/c23-11-8-17(24)16(21-10-11)9-18(25)22-15-7-3-6-13-12-4-1-2-5-14(12)20(26)19(13)15;1-2/h1-7,9,11,17,21,23-24H,8,10H2,(H,22,25);1-2H3/b16-9-;/t11-,17?;/m0./s1. The maximum atomic E-state index is 12.7. The van der Waals surface area contributed by atoms with Gasteiger partial charge in [-0.1, -0.05) is 50.2 Å². The largest absolute Gasteiger partial charge is 0.391 e. The number of amides is 1. The van der Waals surface area contributed by atoms with Crippen molar-refractivity contribution < 1.29 is 19.8 Å². The fourth-order valence-corrected chi connectivity index (χ4v) is 3.45. The van der Waals surface area contributed by atoms with E-state index >= 15 is 0 Å². The summed E-state index contributed by atoms with van der Waals surface area (Å²) in [6.45, 7) is 4.28. The van der Waals surface area contributed by atoms with Gasteiger partial charge >= 0.3 is 0 Å². The number of carbonyl (C=O) groups excluding carboxylic acids is 2. The third-order valence-corrected chi connectivity index (χ3v) is 4.69. The smallest absolute Gasteiger partial charge is 0.250 e. The van der Waals surface area contributed by atoms with E-state index in [9.17, 15) is 19.8 Å². The highest BCUT2D eigenvalue weighted by Gasteiger charge is 2.29. The molecule has 2 aliphatic rings. The minimum atomic E-state index is -0.920. The molecule has 1 heterocycles. The Kier molecular flexibility index (Phi) is 5.92. The van der Waals surface area contributed by atoms with Gasteiger partial charge in [-0.3, -0.25) is 9.59 Å². The van der Waals surface area contributed by atoms with E-state index in [0.29, 0.717) is 22.5 Å². The number of piperidine rings is 1. The SMILES string of the molecule is CC.O=C(/C=C1\NC[C@@H](O)CC1O)Nc1cccc2c1C(=O)c1ccccc1-2. The van der Waals surface area contributed by atoms with Crippen molar-refractivity contribution >= 4 is 17.4 Å². The molecule has 4 N–H and O–H groups in total. The number of hydrogen-bond acceptors (Lipinski definition) is 5. The second kappa shape index (κ2) is 8.37. The molecular weight excluding hydrogens is 356 g/mol. The fourth-order valence-electron chi connectivity index (χ4n) is 3.45. The summed E-state index contributed by atoms with van der Waals surface area (Å²) < 4.78 is 0. The van der Waals surface area contributed by atoms with Crippen molar-refractivity contribution in [2.75, 3.05) is 11.9 Å². The highest BCUT2D eigenvalue weighted by Crippen LogP contribution is 2.39. The Hall–Kier alpha value is -2.96. The van der Waals surface area contributed by atoms with Crippen molar-refractivity contribution in [1.29, 1.82) is 0 Å². The molecule has 0 spiro atoms. The summed E-state index contributed by atoms with van der Waals surface area (Å²) in [7, 11) is 0.